The van der Waals surface area contributed by atoms with Gasteiger partial charge in [-0.1, -0.05) is 13.0 Å². The fraction of sp³-hybridized carbons (Fsp3) is 0.364. The van der Waals surface area contributed by atoms with E-state index in [9.17, 15) is 18.4 Å². The zero-order valence-corrected chi connectivity index (χ0v) is 16.6. The molecule has 0 saturated heterocycles. The smallest absolute Gasteiger partial charge is 0.310 e. The Balaban J connectivity index is 1.85. The summed E-state index contributed by atoms with van der Waals surface area (Å²) in [6.07, 6.45) is 1.63. The van der Waals surface area contributed by atoms with Gasteiger partial charge in [0.2, 0.25) is 0 Å². The monoisotopic (exact) mass is 403 g/mol. The van der Waals surface area contributed by atoms with Crippen LogP contribution in [0.1, 0.15) is 30.1 Å². The van der Waals surface area contributed by atoms with E-state index in [0.717, 1.165) is 18.9 Å². The summed E-state index contributed by atoms with van der Waals surface area (Å²) in [5.74, 6) is -2.34. The lowest BCUT2D eigenvalue weighted by Crippen LogP contribution is -2.39. The molecule has 154 valence electrons. The van der Waals surface area contributed by atoms with Crippen LogP contribution in [-0.4, -0.2) is 43.6 Å². The summed E-state index contributed by atoms with van der Waals surface area (Å²) >= 11 is 0. The SMILES string of the molecule is COC(=O)[C@H](C)CN(C(=O)c1ccc(-c2ccc(OC)cc2F)cc1F)C1CC1. The number of hydrogen-bond acceptors (Lipinski definition) is 4. The molecule has 2 aromatic carbocycles. The molecule has 1 atom stereocenters. The summed E-state index contributed by atoms with van der Waals surface area (Å²) in [6, 6.07) is 8.30. The van der Waals surface area contributed by atoms with Gasteiger partial charge in [-0.25, -0.2) is 8.78 Å². The summed E-state index contributed by atoms with van der Waals surface area (Å²) in [5.41, 5.74) is 0.425. The van der Waals surface area contributed by atoms with Gasteiger partial charge in [0.1, 0.15) is 17.4 Å². The number of rotatable bonds is 7. The molecule has 3 rings (SSSR count). The molecule has 5 nitrogen and oxygen atoms in total. The molecule has 1 saturated carbocycles. The first-order valence-electron chi connectivity index (χ1n) is 9.38. The summed E-state index contributed by atoms with van der Waals surface area (Å²) in [4.78, 5) is 26.2. The number of carbonyl (C=O) groups is 2. The van der Waals surface area contributed by atoms with E-state index in [1.165, 1.54) is 43.4 Å². The Kier molecular flexibility index (Phi) is 6.15. The van der Waals surface area contributed by atoms with Crippen LogP contribution in [0, 0.1) is 17.6 Å². The second-order valence-corrected chi connectivity index (χ2v) is 7.15. The maximum absolute atomic E-state index is 14.8. The van der Waals surface area contributed by atoms with E-state index in [4.69, 9.17) is 9.47 Å². The Bertz CT molecular complexity index is 927. The highest BCUT2D eigenvalue weighted by Crippen LogP contribution is 2.31. The first-order chi connectivity index (χ1) is 13.8. The lowest BCUT2D eigenvalue weighted by Gasteiger charge is -2.25. The van der Waals surface area contributed by atoms with E-state index >= 15 is 0 Å². The zero-order chi connectivity index (χ0) is 21.1. The Morgan fingerprint density at radius 1 is 1.10 bits per heavy atom. The summed E-state index contributed by atoms with van der Waals surface area (Å²) in [6.45, 7) is 1.82. The number of amides is 1. The summed E-state index contributed by atoms with van der Waals surface area (Å²) < 4.78 is 38.8. The maximum atomic E-state index is 14.8. The van der Waals surface area contributed by atoms with Crippen molar-refractivity contribution in [2.45, 2.75) is 25.8 Å². The highest BCUT2D eigenvalue weighted by Gasteiger charge is 2.36. The molecule has 1 aliphatic rings. The third kappa shape index (κ3) is 4.55. The number of benzene rings is 2. The van der Waals surface area contributed by atoms with Gasteiger partial charge >= 0.3 is 5.97 Å². The third-order valence-corrected chi connectivity index (χ3v) is 5.01. The van der Waals surface area contributed by atoms with Gasteiger partial charge < -0.3 is 14.4 Å². The van der Waals surface area contributed by atoms with Crippen LogP contribution in [0.2, 0.25) is 0 Å². The topological polar surface area (TPSA) is 55.8 Å². The average Bonchev–Trinajstić information content (AvgIpc) is 3.55. The molecule has 1 aliphatic carbocycles. The van der Waals surface area contributed by atoms with E-state index in [1.807, 2.05) is 0 Å². The van der Waals surface area contributed by atoms with Crippen LogP contribution >= 0.6 is 0 Å². The molecule has 29 heavy (non-hydrogen) atoms. The van der Waals surface area contributed by atoms with E-state index in [1.54, 1.807) is 13.0 Å². The van der Waals surface area contributed by atoms with Crippen LogP contribution in [-0.2, 0) is 9.53 Å². The van der Waals surface area contributed by atoms with E-state index in [-0.39, 0.29) is 23.7 Å². The minimum atomic E-state index is -0.737. The number of esters is 1. The third-order valence-electron chi connectivity index (χ3n) is 5.01. The minimum Gasteiger partial charge on any atom is -0.497 e. The predicted octanol–water partition coefficient (Wildman–Crippen LogP) is 4.05. The molecule has 7 heteroatoms. The van der Waals surface area contributed by atoms with Gasteiger partial charge in [0.05, 0.1) is 25.7 Å². The number of halogens is 2. The molecule has 1 amide bonds. The number of carbonyl (C=O) groups excluding carboxylic acids is 2. The molecule has 0 N–H and O–H groups in total. The summed E-state index contributed by atoms with van der Waals surface area (Å²) in [7, 11) is 2.72. The number of hydrogen-bond donors (Lipinski definition) is 0. The highest BCUT2D eigenvalue weighted by atomic mass is 19.1. The number of methoxy groups -OCH3 is 2. The first-order valence-corrected chi connectivity index (χ1v) is 9.38. The Hall–Kier alpha value is -2.96. The Labute approximate surface area is 168 Å². The molecule has 0 heterocycles. The molecule has 0 radical (unpaired) electrons. The molecule has 2 aromatic rings. The fourth-order valence-corrected chi connectivity index (χ4v) is 3.22. The van der Waals surface area contributed by atoms with Crippen LogP contribution in [0.3, 0.4) is 0 Å². The molecule has 1 fully saturated rings. The number of nitrogens with zero attached hydrogens (tertiary/aromatic N) is 1. The van der Waals surface area contributed by atoms with Crippen LogP contribution in [0.25, 0.3) is 11.1 Å². The van der Waals surface area contributed by atoms with Crippen molar-refractivity contribution in [2.24, 2.45) is 5.92 Å². The predicted molar refractivity (Wildman–Crippen MR) is 104 cm³/mol. The van der Waals surface area contributed by atoms with Gasteiger partial charge in [-0.2, -0.15) is 0 Å². The van der Waals surface area contributed by atoms with Crippen molar-refractivity contribution >= 4 is 11.9 Å². The molecular formula is C22H23F2NO4. The highest BCUT2D eigenvalue weighted by molar-refractivity contribution is 5.95. The van der Waals surface area contributed by atoms with Gasteiger partial charge in [-0.3, -0.25) is 9.59 Å². The maximum Gasteiger partial charge on any atom is 0.310 e. The van der Waals surface area contributed by atoms with Crippen molar-refractivity contribution < 1.29 is 27.8 Å². The Morgan fingerprint density at radius 2 is 1.83 bits per heavy atom. The van der Waals surface area contributed by atoms with Gasteiger partial charge in [0.15, 0.2) is 0 Å². The van der Waals surface area contributed by atoms with Crippen molar-refractivity contribution in [1.29, 1.82) is 0 Å². The second-order valence-electron chi connectivity index (χ2n) is 7.15. The lowest BCUT2D eigenvalue weighted by atomic mass is 10.0. The van der Waals surface area contributed by atoms with E-state index < -0.39 is 29.4 Å². The van der Waals surface area contributed by atoms with Gasteiger partial charge in [0.25, 0.3) is 5.91 Å². The van der Waals surface area contributed by atoms with Crippen LogP contribution < -0.4 is 4.74 Å². The molecule has 0 spiro atoms. The van der Waals surface area contributed by atoms with Crippen LogP contribution in [0.15, 0.2) is 36.4 Å². The molecular weight excluding hydrogens is 380 g/mol. The second kappa shape index (κ2) is 8.59. The Morgan fingerprint density at radius 3 is 2.38 bits per heavy atom. The standard InChI is InChI=1S/C22H23F2NO4/c1-13(22(27)29-3)12-25(15-5-6-15)21(26)18-8-4-14(10-19(18)23)17-9-7-16(28-2)11-20(17)24/h4,7-11,13,15H,5-6,12H2,1-3H3/t13-/m1/s1. The van der Waals surface area contributed by atoms with Crippen molar-refractivity contribution in [3.63, 3.8) is 0 Å². The van der Waals surface area contributed by atoms with Crippen molar-refractivity contribution in [2.75, 3.05) is 20.8 Å². The van der Waals surface area contributed by atoms with Gasteiger partial charge in [-0.05, 0) is 42.7 Å². The van der Waals surface area contributed by atoms with Crippen LogP contribution in [0.5, 0.6) is 5.75 Å². The van der Waals surface area contributed by atoms with Crippen molar-refractivity contribution in [1.82, 2.24) is 4.90 Å². The fourth-order valence-electron chi connectivity index (χ4n) is 3.22. The van der Waals surface area contributed by atoms with E-state index in [0.29, 0.717) is 11.3 Å². The molecule has 0 unspecified atom stereocenters. The normalized spacial score (nSPS) is 14.2. The average molecular weight is 403 g/mol. The van der Waals surface area contributed by atoms with Crippen LogP contribution in [0.4, 0.5) is 8.78 Å². The van der Waals surface area contributed by atoms with Gasteiger partial charge in [-0.15, -0.1) is 0 Å². The molecule has 0 bridgehead atoms. The van der Waals surface area contributed by atoms with Crippen molar-refractivity contribution in [3.8, 4) is 16.9 Å². The van der Waals surface area contributed by atoms with E-state index in [2.05, 4.69) is 0 Å². The molecule has 0 aromatic heterocycles. The quantitative estimate of drug-likeness (QED) is 0.655. The zero-order valence-electron chi connectivity index (χ0n) is 16.6. The summed E-state index contributed by atoms with van der Waals surface area (Å²) in [5, 5.41) is 0. The minimum absolute atomic E-state index is 0.00675. The molecule has 0 aliphatic heterocycles. The lowest BCUT2D eigenvalue weighted by molar-refractivity contribution is -0.145. The van der Waals surface area contributed by atoms with Crippen molar-refractivity contribution in [3.05, 3.63) is 53.6 Å². The van der Waals surface area contributed by atoms with Gasteiger partial charge in [0, 0.05) is 24.2 Å². The number of ether oxygens (including phenoxy) is 2. The largest absolute Gasteiger partial charge is 0.497 e. The first kappa shape index (κ1) is 20.8.